The predicted octanol–water partition coefficient (Wildman–Crippen LogP) is 4.47. The summed E-state index contributed by atoms with van der Waals surface area (Å²) in [6.45, 7) is 2.13. The second-order valence-electron chi connectivity index (χ2n) is 7.26. The maximum atomic E-state index is 12.5. The highest BCUT2D eigenvalue weighted by Crippen LogP contribution is 2.34. The standard InChI is InChI=1S/C19H26N4O3S.ClH/c1-13-17(22(2)19(27-13)21-14-6-4-3-5-7-14)12-18(24)20-15-8-10-16(11-9-15)23(25)26;/h8-11,13-14,17H,3-7,12H2,1-2H3,(H,20,24);1H. The van der Waals surface area contributed by atoms with Gasteiger partial charge in [-0.25, -0.2) is 0 Å². The second kappa shape index (κ2) is 10.1. The van der Waals surface area contributed by atoms with E-state index in [1.165, 1.54) is 31.4 Å². The molecule has 9 heteroatoms. The van der Waals surface area contributed by atoms with Gasteiger partial charge in [-0.1, -0.05) is 37.9 Å². The van der Waals surface area contributed by atoms with Gasteiger partial charge >= 0.3 is 0 Å². The Hall–Kier alpha value is -1.80. The number of rotatable bonds is 5. The quantitative estimate of drug-likeness (QED) is 0.554. The van der Waals surface area contributed by atoms with Crippen molar-refractivity contribution in [2.45, 2.75) is 62.8 Å². The molecule has 1 N–H and O–H groups in total. The smallest absolute Gasteiger partial charge is 0.269 e. The number of hydrogen-bond donors (Lipinski definition) is 1. The van der Waals surface area contributed by atoms with Crippen LogP contribution in [0.15, 0.2) is 29.3 Å². The Balaban J connectivity index is 0.00000280. The maximum Gasteiger partial charge on any atom is 0.269 e. The topological polar surface area (TPSA) is 87.8 Å². The summed E-state index contributed by atoms with van der Waals surface area (Å²) >= 11 is 1.75. The zero-order chi connectivity index (χ0) is 19.4. The summed E-state index contributed by atoms with van der Waals surface area (Å²) in [7, 11) is 2.02. The van der Waals surface area contributed by atoms with E-state index in [0.29, 0.717) is 23.4 Å². The van der Waals surface area contributed by atoms with Crippen LogP contribution >= 0.6 is 24.2 Å². The van der Waals surface area contributed by atoms with Gasteiger partial charge in [-0.3, -0.25) is 19.9 Å². The molecule has 0 radical (unpaired) electrons. The number of carbonyl (C=O) groups is 1. The summed E-state index contributed by atoms with van der Waals surface area (Å²) in [6, 6.07) is 6.42. The first kappa shape index (κ1) is 22.5. The number of carbonyl (C=O) groups excluding carboxylic acids is 1. The number of nitro groups is 1. The molecule has 2 unspecified atom stereocenters. The van der Waals surface area contributed by atoms with Crippen LogP contribution in [0.4, 0.5) is 11.4 Å². The molecule has 1 heterocycles. The molecule has 0 spiro atoms. The molecule has 1 aromatic carbocycles. The number of aliphatic imine (C=N–C) groups is 1. The minimum Gasteiger partial charge on any atom is -0.350 e. The van der Waals surface area contributed by atoms with Gasteiger partial charge in [0.2, 0.25) is 5.91 Å². The summed E-state index contributed by atoms with van der Waals surface area (Å²) in [4.78, 5) is 29.8. The lowest BCUT2D eigenvalue weighted by atomic mass is 9.96. The molecule has 2 aliphatic rings. The van der Waals surface area contributed by atoms with Crippen molar-refractivity contribution in [1.82, 2.24) is 4.90 Å². The van der Waals surface area contributed by atoms with Crippen LogP contribution in [0.5, 0.6) is 0 Å². The van der Waals surface area contributed by atoms with Crippen molar-refractivity contribution in [2.24, 2.45) is 4.99 Å². The lowest BCUT2D eigenvalue weighted by Gasteiger charge is -2.24. The van der Waals surface area contributed by atoms with Gasteiger partial charge in [0, 0.05) is 36.5 Å². The first-order chi connectivity index (χ1) is 12.9. The van der Waals surface area contributed by atoms with Crippen molar-refractivity contribution < 1.29 is 9.72 Å². The van der Waals surface area contributed by atoms with Crippen molar-refractivity contribution in [3.63, 3.8) is 0 Å². The van der Waals surface area contributed by atoms with Crippen LogP contribution < -0.4 is 5.32 Å². The van der Waals surface area contributed by atoms with Crippen LogP contribution in [0, 0.1) is 10.1 Å². The summed E-state index contributed by atoms with van der Waals surface area (Å²) < 4.78 is 0. The van der Waals surface area contributed by atoms with E-state index < -0.39 is 4.92 Å². The number of benzene rings is 1. The molecule has 1 aromatic rings. The van der Waals surface area contributed by atoms with Crippen LogP contribution in [-0.2, 0) is 4.79 Å². The first-order valence-corrected chi connectivity index (χ1v) is 10.3. The Morgan fingerprint density at radius 1 is 1.29 bits per heavy atom. The fraction of sp³-hybridized carbons (Fsp3) is 0.579. The Bertz CT molecular complexity index is 722. The molecule has 3 rings (SSSR count). The van der Waals surface area contributed by atoms with Crippen LogP contribution in [0.25, 0.3) is 0 Å². The van der Waals surface area contributed by atoms with Crippen molar-refractivity contribution in [3.05, 3.63) is 34.4 Å². The first-order valence-electron chi connectivity index (χ1n) is 9.45. The Labute approximate surface area is 175 Å². The highest BCUT2D eigenvalue weighted by Gasteiger charge is 2.36. The van der Waals surface area contributed by atoms with E-state index in [1.807, 2.05) is 7.05 Å². The van der Waals surface area contributed by atoms with Gasteiger partial charge < -0.3 is 10.2 Å². The number of halogens is 1. The van der Waals surface area contributed by atoms with E-state index in [1.54, 1.807) is 23.9 Å². The third kappa shape index (κ3) is 5.61. The van der Waals surface area contributed by atoms with Gasteiger partial charge in [-0.05, 0) is 25.0 Å². The lowest BCUT2D eigenvalue weighted by Crippen LogP contribution is -2.36. The van der Waals surface area contributed by atoms with Crippen molar-refractivity contribution in [1.29, 1.82) is 0 Å². The van der Waals surface area contributed by atoms with E-state index in [9.17, 15) is 14.9 Å². The van der Waals surface area contributed by atoms with Crippen LogP contribution in [-0.4, -0.2) is 45.3 Å². The fourth-order valence-electron chi connectivity index (χ4n) is 3.64. The van der Waals surface area contributed by atoms with Gasteiger partial charge in [0.25, 0.3) is 5.69 Å². The number of nitrogens with one attached hydrogen (secondary N) is 1. The number of amides is 1. The molecule has 7 nitrogen and oxygen atoms in total. The average molecular weight is 427 g/mol. The molecule has 1 aliphatic carbocycles. The van der Waals surface area contributed by atoms with Crippen LogP contribution in [0.1, 0.15) is 45.4 Å². The Morgan fingerprint density at radius 3 is 2.54 bits per heavy atom. The minimum atomic E-state index is -0.453. The van der Waals surface area contributed by atoms with Crippen molar-refractivity contribution in [2.75, 3.05) is 12.4 Å². The molecule has 2 atom stereocenters. The summed E-state index contributed by atoms with van der Waals surface area (Å²) in [5.41, 5.74) is 0.583. The molecule has 1 amide bonds. The fourth-order valence-corrected chi connectivity index (χ4v) is 4.92. The number of nitrogens with zero attached hydrogens (tertiary/aromatic N) is 3. The monoisotopic (exact) mass is 426 g/mol. The normalized spacial score (nSPS) is 24.1. The van der Waals surface area contributed by atoms with Gasteiger partial charge in [-0.15, -0.1) is 12.4 Å². The number of anilines is 1. The second-order valence-corrected chi connectivity index (χ2v) is 8.61. The molecular formula is C19H27ClN4O3S. The number of thioether (sulfide) groups is 1. The van der Waals surface area contributed by atoms with Crippen molar-refractivity contribution >= 4 is 46.6 Å². The summed E-state index contributed by atoms with van der Waals surface area (Å²) in [5.74, 6) is -0.0907. The van der Waals surface area contributed by atoms with E-state index in [4.69, 9.17) is 4.99 Å². The van der Waals surface area contributed by atoms with E-state index in [0.717, 1.165) is 18.0 Å². The Kier molecular flexibility index (Phi) is 8.12. The van der Waals surface area contributed by atoms with E-state index in [2.05, 4.69) is 17.1 Å². The van der Waals surface area contributed by atoms with Gasteiger partial charge in [0.1, 0.15) is 0 Å². The predicted molar refractivity (Wildman–Crippen MR) is 117 cm³/mol. The molecule has 1 saturated heterocycles. The molecule has 1 saturated carbocycles. The molecule has 154 valence electrons. The molecular weight excluding hydrogens is 400 g/mol. The van der Waals surface area contributed by atoms with E-state index in [-0.39, 0.29) is 30.0 Å². The number of amidine groups is 1. The molecule has 0 bridgehead atoms. The lowest BCUT2D eigenvalue weighted by molar-refractivity contribution is -0.384. The highest BCUT2D eigenvalue weighted by atomic mass is 35.5. The SMILES string of the molecule is CC1SC(=NC2CCCCC2)N(C)C1CC(=O)Nc1ccc([N+](=O)[O-])cc1.Cl. The highest BCUT2D eigenvalue weighted by molar-refractivity contribution is 8.14. The minimum absolute atomic E-state index is 0. The van der Waals surface area contributed by atoms with Gasteiger partial charge in [0.15, 0.2) is 5.17 Å². The van der Waals surface area contributed by atoms with Gasteiger partial charge in [0.05, 0.1) is 17.0 Å². The third-order valence-electron chi connectivity index (χ3n) is 5.26. The largest absolute Gasteiger partial charge is 0.350 e. The Morgan fingerprint density at radius 2 is 1.93 bits per heavy atom. The van der Waals surface area contributed by atoms with Crippen LogP contribution in [0.2, 0.25) is 0 Å². The van der Waals surface area contributed by atoms with Gasteiger partial charge in [-0.2, -0.15) is 0 Å². The van der Waals surface area contributed by atoms with E-state index >= 15 is 0 Å². The zero-order valence-electron chi connectivity index (χ0n) is 16.2. The molecule has 2 fully saturated rings. The number of nitro benzene ring substituents is 1. The average Bonchev–Trinajstić information content (AvgIpc) is 2.90. The number of hydrogen-bond acceptors (Lipinski definition) is 5. The zero-order valence-corrected chi connectivity index (χ0v) is 17.8. The summed E-state index contributed by atoms with van der Waals surface area (Å²) in [6.07, 6.45) is 6.52. The molecule has 28 heavy (non-hydrogen) atoms. The third-order valence-corrected chi connectivity index (χ3v) is 6.55. The molecule has 1 aliphatic heterocycles. The van der Waals surface area contributed by atoms with Crippen molar-refractivity contribution in [3.8, 4) is 0 Å². The maximum absolute atomic E-state index is 12.5. The molecule has 0 aromatic heterocycles. The van der Waals surface area contributed by atoms with Crippen LogP contribution in [0.3, 0.4) is 0 Å². The number of non-ortho nitro benzene ring substituents is 1. The summed E-state index contributed by atoms with van der Waals surface area (Å²) in [5, 5.41) is 14.9.